The molecule has 5 aromatic rings. The Balaban J connectivity index is 1.36. The van der Waals surface area contributed by atoms with E-state index >= 15 is 0 Å². The molecule has 0 saturated carbocycles. The summed E-state index contributed by atoms with van der Waals surface area (Å²) >= 11 is 2.81. The van der Waals surface area contributed by atoms with Gasteiger partial charge >= 0.3 is 0 Å². The smallest absolute Gasteiger partial charge is 0.267 e. The van der Waals surface area contributed by atoms with E-state index in [1.165, 1.54) is 34.8 Å². The maximum absolute atomic E-state index is 13.2. The fraction of sp³-hybridized carbons (Fsp3) is 0.0400. The number of aromatic nitrogens is 3. The predicted octanol–water partition coefficient (Wildman–Crippen LogP) is 6.70. The highest BCUT2D eigenvalue weighted by atomic mass is 32.1. The number of nitrogens with one attached hydrogen (secondary N) is 1. The second-order valence-electron chi connectivity index (χ2n) is 7.23. The molecule has 1 amide bonds. The van der Waals surface area contributed by atoms with Crippen LogP contribution in [0.15, 0.2) is 78.3 Å². The molecule has 0 aliphatic rings. The number of carbonyl (C=O) groups excluding carboxylic acids is 1. The van der Waals surface area contributed by atoms with Crippen LogP contribution in [0.4, 0.5) is 10.1 Å². The highest BCUT2D eigenvalue weighted by Crippen LogP contribution is 2.31. The van der Waals surface area contributed by atoms with E-state index < -0.39 is 0 Å². The standard InChI is InChI=1S/C25H17FN4OS2/c1-15-22(33-24(28-15)16-8-10-18(26)11-9-16)23(31)29-19-6-4-5-17(13-19)21-14-32-25(30-21)20-7-2-3-12-27-20/h2-14H,1H3,(H,29,31). The lowest BCUT2D eigenvalue weighted by Crippen LogP contribution is -2.11. The molecule has 1 N–H and O–H groups in total. The lowest BCUT2D eigenvalue weighted by atomic mass is 10.1. The Labute approximate surface area is 197 Å². The molecule has 0 bridgehead atoms. The molecule has 0 atom stereocenters. The first kappa shape index (κ1) is 21.1. The summed E-state index contributed by atoms with van der Waals surface area (Å²) in [5, 5.41) is 6.45. The summed E-state index contributed by atoms with van der Waals surface area (Å²) in [6, 6.07) is 19.4. The number of hydrogen-bond acceptors (Lipinski definition) is 6. The molecule has 0 saturated heterocycles. The summed E-state index contributed by atoms with van der Waals surface area (Å²) in [4.78, 5) is 27.0. The van der Waals surface area contributed by atoms with Gasteiger partial charge in [-0.15, -0.1) is 22.7 Å². The predicted molar refractivity (Wildman–Crippen MR) is 131 cm³/mol. The molecule has 8 heteroatoms. The lowest BCUT2D eigenvalue weighted by Gasteiger charge is -2.06. The average molecular weight is 473 g/mol. The third-order valence-electron chi connectivity index (χ3n) is 4.90. The number of amides is 1. The Morgan fingerprint density at radius 3 is 2.55 bits per heavy atom. The molecule has 33 heavy (non-hydrogen) atoms. The molecule has 3 aromatic heterocycles. The number of rotatable bonds is 5. The van der Waals surface area contributed by atoms with Gasteiger partial charge in [0, 0.05) is 28.4 Å². The Hall–Kier alpha value is -3.75. The summed E-state index contributed by atoms with van der Waals surface area (Å²) in [6.07, 6.45) is 1.75. The molecule has 5 rings (SSSR count). The Morgan fingerprint density at radius 1 is 0.909 bits per heavy atom. The number of anilines is 1. The van der Waals surface area contributed by atoms with Gasteiger partial charge < -0.3 is 5.32 Å². The molecule has 162 valence electrons. The zero-order chi connectivity index (χ0) is 22.8. The van der Waals surface area contributed by atoms with E-state index in [4.69, 9.17) is 4.98 Å². The topological polar surface area (TPSA) is 67.8 Å². The number of pyridine rings is 1. The van der Waals surface area contributed by atoms with Crippen LogP contribution in [0.3, 0.4) is 0 Å². The van der Waals surface area contributed by atoms with Gasteiger partial charge in [-0.3, -0.25) is 9.78 Å². The molecule has 0 aliphatic carbocycles. The second-order valence-corrected chi connectivity index (χ2v) is 9.09. The fourth-order valence-corrected chi connectivity index (χ4v) is 5.05. The van der Waals surface area contributed by atoms with E-state index in [2.05, 4.69) is 15.3 Å². The van der Waals surface area contributed by atoms with Gasteiger partial charge in [-0.05, 0) is 55.5 Å². The van der Waals surface area contributed by atoms with Crippen LogP contribution in [0.25, 0.3) is 32.5 Å². The van der Waals surface area contributed by atoms with Crippen molar-refractivity contribution in [1.82, 2.24) is 15.0 Å². The summed E-state index contributed by atoms with van der Waals surface area (Å²) in [6.45, 7) is 1.79. The number of carbonyl (C=O) groups is 1. The highest BCUT2D eigenvalue weighted by molar-refractivity contribution is 7.17. The van der Waals surface area contributed by atoms with Crippen LogP contribution in [-0.4, -0.2) is 20.9 Å². The van der Waals surface area contributed by atoms with Crippen molar-refractivity contribution < 1.29 is 9.18 Å². The largest absolute Gasteiger partial charge is 0.321 e. The molecule has 3 heterocycles. The fourth-order valence-electron chi connectivity index (χ4n) is 3.28. The van der Waals surface area contributed by atoms with E-state index in [0.29, 0.717) is 21.3 Å². The molecule has 0 spiro atoms. The quantitative estimate of drug-likeness (QED) is 0.309. The highest BCUT2D eigenvalue weighted by Gasteiger charge is 2.17. The van der Waals surface area contributed by atoms with Crippen LogP contribution in [0, 0.1) is 12.7 Å². The number of aryl methyl sites for hydroxylation is 1. The third-order valence-corrected chi connectivity index (χ3v) is 6.97. The zero-order valence-electron chi connectivity index (χ0n) is 17.4. The van der Waals surface area contributed by atoms with Crippen molar-refractivity contribution >= 4 is 34.3 Å². The van der Waals surface area contributed by atoms with Crippen molar-refractivity contribution in [3.63, 3.8) is 0 Å². The first-order chi connectivity index (χ1) is 16.1. The van der Waals surface area contributed by atoms with E-state index in [9.17, 15) is 9.18 Å². The Bertz CT molecular complexity index is 1430. The van der Waals surface area contributed by atoms with Crippen LogP contribution in [0.1, 0.15) is 15.4 Å². The Kier molecular flexibility index (Phi) is 5.77. The van der Waals surface area contributed by atoms with E-state index in [1.54, 1.807) is 25.3 Å². The molecule has 0 unspecified atom stereocenters. The molecule has 2 aromatic carbocycles. The first-order valence-corrected chi connectivity index (χ1v) is 11.8. The zero-order valence-corrected chi connectivity index (χ0v) is 19.1. The number of benzene rings is 2. The van der Waals surface area contributed by atoms with Crippen molar-refractivity contribution in [1.29, 1.82) is 0 Å². The van der Waals surface area contributed by atoms with Gasteiger partial charge in [0.1, 0.15) is 20.7 Å². The van der Waals surface area contributed by atoms with Crippen molar-refractivity contribution in [3.05, 3.63) is 94.7 Å². The molecule has 0 aliphatic heterocycles. The summed E-state index contributed by atoms with van der Waals surface area (Å²) in [5.41, 5.74) is 4.63. The van der Waals surface area contributed by atoms with Crippen LogP contribution in [0.5, 0.6) is 0 Å². The van der Waals surface area contributed by atoms with Gasteiger partial charge in [-0.1, -0.05) is 18.2 Å². The molecule has 5 nitrogen and oxygen atoms in total. The molecular formula is C25H17FN4OS2. The lowest BCUT2D eigenvalue weighted by molar-refractivity contribution is 0.103. The molecular weight excluding hydrogens is 455 g/mol. The number of nitrogens with zero attached hydrogens (tertiary/aromatic N) is 3. The maximum atomic E-state index is 13.2. The van der Waals surface area contributed by atoms with Crippen LogP contribution >= 0.6 is 22.7 Å². The minimum Gasteiger partial charge on any atom is -0.321 e. The summed E-state index contributed by atoms with van der Waals surface area (Å²) < 4.78 is 13.2. The summed E-state index contributed by atoms with van der Waals surface area (Å²) in [7, 11) is 0. The average Bonchev–Trinajstić information content (AvgIpc) is 3.48. The monoisotopic (exact) mass is 472 g/mol. The van der Waals surface area contributed by atoms with Crippen LogP contribution < -0.4 is 5.32 Å². The first-order valence-electron chi connectivity index (χ1n) is 10.1. The SMILES string of the molecule is Cc1nc(-c2ccc(F)cc2)sc1C(=O)Nc1cccc(-c2csc(-c3ccccn3)n2)c1. The van der Waals surface area contributed by atoms with Crippen molar-refractivity contribution in [2.24, 2.45) is 0 Å². The minimum atomic E-state index is -0.308. The molecule has 0 radical (unpaired) electrons. The van der Waals surface area contributed by atoms with Crippen molar-refractivity contribution in [2.45, 2.75) is 6.92 Å². The van der Waals surface area contributed by atoms with E-state index in [-0.39, 0.29) is 11.7 Å². The van der Waals surface area contributed by atoms with E-state index in [0.717, 1.165) is 27.5 Å². The third kappa shape index (κ3) is 4.57. The summed E-state index contributed by atoms with van der Waals surface area (Å²) in [5.74, 6) is -0.542. The number of halogens is 1. The van der Waals surface area contributed by atoms with Gasteiger partial charge in [-0.2, -0.15) is 0 Å². The Morgan fingerprint density at radius 2 is 1.76 bits per heavy atom. The van der Waals surface area contributed by atoms with Crippen LogP contribution in [-0.2, 0) is 0 Å². The van der Waals surface area contributed by atoms with Gasteiger partial charge in [0.15, 0.2) is 0 Å². The van der Waals surface area contributed by atoms with E-state index in [1.807, 2.05) is 47.8 Å². The normalized spacial score (nSPS) is 10.8. The van der Waals surface area contributed by atoms with Gasteiger partial charge in [0.2, 0.25) is 0 Å². The van der Waals surface area contributed by atoms with Gasteiger partial charge in [-0.25, -0.2) is 14.4 Å². The van der Waals surface area contributed by atoms with Gasteiger partial charge in [0.05, 0.1) is 17.1 Å². The number of hydrogen-bond donors (Lipinski definition) is 1. The van der Waals surface area contributed by atoms with Crippen molar-refractivity contribution in [2.75, 3.05) is 5.32 Å². The molecule has 0 fully saturated rings. The van der Waals surface area contributed by atoms with Crippen LogP contribution in [0.2, 0.25) is 0 Å². The maximum Gasteiger partial charge on any atom is 0.267 e. The second kappa shape index (κ2) is 9.01. The van der Waals surface area contributed by atoms with Gasteiger partial charge in [0.25, 0.3) is 5.91 Å². The minimum absolute atomic E-state index is 0.233. The van der Waals surface area contributed by atoms with Crippen molar-refractivity contribution in [3.8, 4) is 32.5 Å². The number of thiazole rings is 2.